The first-order valence-electron chi connectivity index (χ1n) is 10.8. The van der Waals surface area contributed by atoms with Crippen molar-refractivity contribution in [2.24, 2.45) is 0 Å². The van der Waals surface area contributed by atoms with Crippen molar-refractivity contribution >= 4 is 17.5 Å². The summed E-state index contributed by atoms with van der Waals surface area (Å²) in [7, 11) is 7.17. The van der Waals surface area contributed by atoms with Crippen LogP contribution in [0.25, 0.3) is 11.3 Å². The van der Waals surface area contributed by atoms with E-state index in [1.165, 1.54) is 0 Å². The van der Waals surface area contributed by atoms with E-state index in [-0.39, 0.29) is 5.91 Å². The zero-order valence-electron chi connectivity index (χ0n) is 19.6. The van der Waals surface area contributed by atoms with Gasteiger partial charge in [-0.25, -0.2) is 15.0 Å². The molecule has 0 aliphatic carbocycles. The van der Waals surface area contributed by atoms with Crippen LogP contribution in [0.5, 0.6) is 5.75 Å². The number of amides is 1. The maximum atomic E-state index is 11.8. The van der Waals surface area contributed by atoms with Crippen LogP contribution >= 0.6 is 0 Å². The molecular formula is C24H31N7O2. The Bertz CT molecular complexity index is 1060. The first kappa shape index (κ1) is 23.9. The molecule has 2 heterocycles. The molecule has 9 heteroatoms. The number of hydrogen-bond donors (Lipinski definition) is 3. The number of carbonyl (C=O) groups is 1. The van der Waals surface area contributed by atoms with Crippen LogP contribution < -0.4 is 25.6 Å². The van der Waals surface area contributed by atoms with Crippen LogP contribution in [0.15, 0.2) is 48.9 Å². The molecule has 0 radical (unpaired) electrons. The van der Waals surface area contributed by atoms with Gasteiger partial charge in [-0.3, -0.25) is 4.79 Å². The molecule has 0 aliphatic rings. The summed E-state index contributed by atoms with van der Waals surface area (Å²) in [5, 5.41) is 9.09. The fraction of sp³-hybridized carbons (Fsp3) is 0.333. The molecule has 2 aromatic heterocycles. The van der Waals surface area contributed by atoms with Gasteiger partial charge < -0.3 is 25.6 Å². The van der Waals surface area contributed by atoms with E-state index >= 15 is 0 Å². The summed E-state index contributed by atoms with van der Waals surface area (Å²) in [4.78, 5) is 27.2. The number of nitrogens with zero attached hydrogens (tertiary/aromatic N) is 4. The van der Waals surface area contributed by atoms with Crippen LogP contribution in [0.1, 0.15) is 15.9 Å². The number of pyridine rings is 1. The molecule has 3 N–H and O–H groups in total. The SMILES string of the molecule is CNCCN(C)c1ccc(-c2cc(NCCc3ccc(C(=O)NC)cc3OC)ncn2)cn1. The number of nitrogens with one attached hydrogen (secondary N) is 3. The Morgan fingerprint density at radius 3 is 2.61 bits per heavy atom. The first-order chi connectivity index (χ1) is 16.0. The first-order valence-corrected chi connectivity index (χ1v) is 10.8. The van der Waals surface area contributed by atoms with Gasteiger partial charge in [0.05, 0.1) is 12.8 Å². The van der Waals surface area contributed by atoms with Crippen molar-refractivity contribution in [3.63, 3.8) is 0 Å². The highest BCUT2D eigenvalue weighted by molar-refractivity contribution is 5.94. The number of likely N-dealkylation sites (N-methyl/N-ethyl adjacent to an activating group) is 2. The van der Waals surface area contributed by atoms with Gasteiger partial charge in [-0.1, -0.05) is 6.07 Å². The predicted molar refractivity (Wildman–Crippen MR) is 131 cm³/mol. The van der Waals surface area contributed by atoms with Gasteiger partial charge in [-0.05, 0) is 43.3 Å². The molecule has 174 valence electrons. The van der Waals surface area contributed by atoms with Crippen molar-refractivity contribution in [2.75, 3.05) is 58.1 Å². The standard InChI is InChI=1S/C24H31N7O2/c1-25-11-12-31(3)23-8-7-19(15-28-23)20-14-22(30-16-29-20)27-10-9-17-5-6-18(24(32)26-2)13-21(17)33-4/h5-8,13-16,25H,9-12H2,1-4H3,(H,26,32)(H,27,29,30). The van der Waals surface area contributed by atoms with Gasteiger partial charge in [0.15, 0.2) is 0 Å². The summed E-state index contributed by atoms with van der Waals surface area (Å²) in [6.07, 6.45) is 4.09. The van der Waals surface area contributed by atoms with Crippen molar-refractivity contribution in [2.45, 2.75) is 6.42 Å². The third-order valence-electron chi connectivity index (χ3n) is 5.28. The summed E-state index contributed by atoms with van der Waals surface area (Å²) in [5.74, 6) is 2.19. The molecular weight excluding hydrogens is 418 g/mol. The van der Waals surface area contributed by atoms with Gasteiger partial charge in [-0.15, -0.1) is 0 Å². The number of methoxy groups -OCH3 is 1. The molecule has 1 amide bonds. The normalized spacial score (nSPS) is 10.5. The summed E-state index contributed by atoms with van der Waals surface area (Å²) >= 11 is 0. The second kappa shape index (κ2) is 11.8. The third-order valence-corrected chi connectivity index (χ3v) is 5.28. The lowest BCUT2D eigenvalue weighted by atomic mass is 10.1. The van der Waals surface area contributed by atoms with Gasteiger partial charge in [0.1, 0.15) is 23.7 Å². The van der Waals surface area contributed by atoms with Gasteiger partial charge in [-0.2, -0.15) is 0 Å². The number of benzene rings is 1. The van der Waals surface area contributed by atoms with Crippen molar-refractivity contribution in [3.05, 3.63) is 60.0 Å². The molecule has 0 saturated carbocycles. The van der Waals surface area contributed by atoms with E-state index in [1.807, 2.05) is 44.6 Å². The molecule has 3 rings (SSSR count). The quantitative estimate of drug-likeness (QED) is 0.409. The molecule has 0 bridgehead atoms. The number of carbonyl (C=O) groups excluding carboxylic acids is 1. The number of aromatic nitrogens is 3. The fourth-order valence-corrected chi connectivity index (χ4v) is 3.33. The number of anilines is 2. The smallest absolute Gasteiger partial charge is 0.251 e. The van der Waals surface area contributed by atoms with E-state index in [0.717, 1.165) is 41.5 Å². The van der Waals surface area contributed by atoms with Crippen molar-refractivity contribution in [1.82, 2.24) is 25.6 Å². The van der Waals surface area contributed by atoms with Crippen LogP contribution in [0.4, 0.5) is 11.6 Å². The molecule has 0 unspecified atom stereocenters. The molecule has 3 aromatic rings. The average Bonchev–Trinajstić information content (AvgIpc) is 2.87. The Morgan fingerprint density at radius 2 is 1.91 bits per heavy atom. The highest BCUT2D eigenvalue weighted by atomic mass is 16.5. The molecule has 1 aromatic carbocycles. The Kier molecular flexibility index (Phi) is 8.54. The molecule has 0 aliphatic heterocycles. The average molecular weight is 450 g/mol. The Balaban J connectivity index is 1.62. The summed E-state index contributed by atoms with van der Waals surface area (Å²) in [6.45, 7) is 2.42. The molecule has 33 heavy (non-hydrogen) atoms. The lowest BCUT2D eigenvalue weighted by Crippen LogP contribution is -2.27. The molecule has 0 fully saturated rings. The van der Waals surface area contributed by atoms with Crippen LogP contribution in [0, 0.1) is 0 Å². The Labute approximate surface area is 194 Å². The van der Waals surface area contributed by atoms with E-state index in [2.05, 4.69) is 35.8 Å². The molecule has 0 atom stereocenters. The van der Waals surface area contributed by atoms with E-state index < -0.39 is 0 Å². The largest absolute Gasteiger partial charge is 0.496 e. The lowest BCUT2D eigenvalue weighted by Gasteiger charge is -2.17. The van der Waals surface area contributed by atoms with E-state index in [1.54, 1.807) is 32.6 Å². The van der Waals surface area contributed by atoms with Crippen LogP contribution in [-0.4, -0.2) is 68.7 Å². The van der Waals surface area contributed by atoms with E-state index in [9.17, 15) is 4.79 Å². The summed E-state index contributed by atoms with van der Waals surface area (Å²) in [5.41, 5.74) is 3.31. The zero-order valence-corrected chi connectivity index (χ0v) is 19.6. The maximum absolute atomic E-state index is 11.8. The van der Waals surface area contributed by atoms with Crippen molar-refractivity contribution in [3.8, 4) is 17.0 Å². The van der Waals surface area contributed by atoms with Crippen LogP contribution in [-0.2, 0) is 6.42 Å². The van der Waals surface area contributed by atoms with Crippen LogP contribution in [0.3, 0.4) is 0 Å². The summed E-state index contributed by atoms with van der Waals surface area (Å²) in [6, 6.07) is 11.4. The highest BCUT2D eigenvalue weighted by Gasteiger charge is 2.10. The van der Waals surface area contributed by atoms with Crippen molar-refractivity contribution < 1.29 is 9.53 Å². The fourth-order valence-electron chi connectivity index (χ4n) is 3.33. The Hall–Kier alpha value is -3.72. The zero-order chi connectivity index (χ0) is 23.6. The predicted octanol–water partition coefficient (Wildman–Crippen LogP) is 2.22. The number of ether oxygens (including phenoxy) is 1. The highest BCUT2D eigenvalue weighted by Crippen LogP contribution is 2.22. The number of rotatable bonds is 11. The van der Waals surface area contributed by atoms with Crippen LogP contribution in [0.2, 0.25) is 0 Å². The van der Waals surface area contributed by atoms with Gasteiger partial charge in [0.25, 0.3) is 5.91 Å². The van der Waals surface area contributed by atoms with Crippen molar-refractivity contribution in [1.29, 1.82) is 0 Å². The molecule has 9 nitrogen and oxygen atoms in total. The van der Waals surface area contributed by atoms with Gasteiger partial charge in [0.2, 0.25) is 0 Å². The van der Waals surface area contributed by atoms with E-state index in [0.29, 0.717) is 24.3 Å². The molecule has 0 saturated heterocycles. The summed E-state index contributed by atoms with van der Waals surface area (Å²) < 4.78 is 5.46. The van der Waals surface area contributed by atoms with Gasteiger partial charge >= 0.3 is 0 Å². The van der Waals surface area contributed by atoms with Gasteiger partial charge in [0, 0.05) is 57.1 Å². The Morgan fingerprint density at radius 1 is 1.06 bits per heavy atom. The number of hydrogen-bond acceptors (Lipinski definition) is 8. The van der Waals surface area contributed by atoms with E-state index in [4.69, 9.17) is 4.74 Å². The minimum atomic E-state index is -0.140. The minimum absolute atomic E-state index is 0.140. The minimum Gasteiger partial charge on any atom is -0.496 e. The topological polar surface area (TPSA) is 104 Å². The third kappa shape index (κ3) is 6.39. The maximum Gasteiger partial charge on any atom is 0.251 e. The molecule has 0 spiro atoms. The second-order valence-corrected chi connectivity index (χ2v) is 7.50. The lowest BCUT2D eigenvalue weighted by molar-refractivity contribution is 0.0962. The second-order valence-electron chi connectivity index (χ2n) is 7.50. The monoisotopic (exact) mass is 449 g/mol.